The summed E-state index contributed by atoms with van der Waals surface area (Å²) in [7, 11) is 0. The molecule has 0 saturated heterocycles. The molecule has 0 radical (unpaired) electrons. The van der Waals surface area contributed by atoms with Crippen LogP contribution in [-0.2, 0) is 4.79 Å². The number of carboxylic acid groups (broad SMARTS) is 1. The van der Waals surface area contributed by atoms with Gasteiger partial charge in [0.25, 0.3) is 0 Å². The van der Waals surface area contributed by atoms with Crippen LogP contribution < -0.4 is 0 Å². The van der Waals surface area contributed by atoms with Gasteiger partial charge < -0.3 is 5.11 Å². The summed E-state index contributed by atoms with van der Waals surface area (Å²) < 4.78 is 0. The Morgan fingerprint density at radius 3 is 2.60 bits per heavy atom. The average molecular weight is 151 g/mol. The van der Waals surface area contributed by atoms with Crippen LogP contribution in [0.1, 0.15) is 19.8 Å². The van der Waals surface area contributed by atoms with Crippen LogP contribution in [0.4, 0.5) is 0 Å². The van der Waals surface area contributed by atoms with Crippen molar-refractivity contribution in [2.45, 2.75) is 19.8 Å². The number of nitriles is 1. The molecule has 0 rings (SSSR count). The van der Waals surface area contributed by atoms with Crippen molar-refractivity contribution in [3.05, 3.63) is 0 Å². The first-order valence-electron chi connectivity index (χ1n) is 2.78. The van der Waals surface area contributed by atoms with Crippen molar-refractivity contribution < 1.29 is 9.90 Å². The van der Waals surface area contributed by atoms with Gasteiger partial charge in [-0.05, 0) is 13.3 Å². The zero-order valence-electron chi connectivity index (χ0n) is 5.29. The number of hydrogen-bond donors (Lipinski definition) is 1. The third kappa shape index (κ3) is 7.96. The Hall–Kier alpha value is -0.0400. The summed E-state index contributed by atoms with van der Waals surface area (Å²) in [6, 6.07) is 1.96. The van der Waals surface area contributed by atoms with Gasteiger partial charge in [-0.15, -0.1) is 0 Å². The van der Waals surface area contributed by atoms with Crippen molar-refractivity contribution in [1.29, 1.82) is 5.26 Å². The van der Waals surface area contributed by atoms with Crippen LogP contribution in [0.2, 0.25) is 0 Å². The Kier molecular flexibility index (Phi) is 8.92. The van der Waals surface area contributed by atoms with Gasteiger partial charge in [0, 0.05) is 12.3 Å². The molecule has 10 heavy (non-hydrogen) atoms. The molecule has 0 bridgehead atoms. The van der Waals surface area contributed by atoms with Crippen LogP contribution in [0.15, 0.2) is 0 Å². The molecule has 0 fully saturated rings. The Bertz CT molecular complexity index is 141. The van der Waals surface area contributed by atoms with Crippen molar-refractivity contribution in [3.8, 4) is 6.07 Å². The topological polar surface area (TPSA) is 61.1 Å². The summed E-state index contributed by atoms with van der Waals surface area (Å²) in [5.74, 6) is -0.974. The van der Waals surface area contributed by atoms with Crippen molar-refractivity contribution >= 4 is 35.5 Å². The first-order valence-corrected chi connectivity index (χ1v) is 2.78. The zero-order chi connectivity index (χ0) is 7.28. The number of aliphatic carboxylic acids is 1. The van der Waals surface area contributed by atoms with E-state index in [1.807, 2.05) is 6.07 Å². The van der Waals surface area contributed by atoms with Crippen molar-refractivity contribution in [2.24, 2.45) is 5.92 Å². The molecule has 1 unspecified atom stereocenters. The first-order chi connectivity index (χ1) is 4.16. The molecule has 0 aliphatic rings. The first kappa shape index (κ1) is 12.6. The van der Waals surface area contributed by atoms with E-state index in [0.29, 0.717) is 6.42 Å². The summed E-state index contributed by atoms with van der Waals surface area (Å²) in [6.45, 7) is 1.71. The summed E-state index contributed by atoms with van der Waals surface area (Å²) in [6.07, 6.45) is 0.542. The van der Waals surface area contributed by atoms with Crippen LogP contribution in [0.25, 0.3) is 0 Å². The third-order valence-electron chi connectivity index (χ3n) is 1.01. The second-order valence-corrected chi connectivity index (χ2v) is 1.96. The molecule has 0 aromatic heterocycles. The van der Waals surface area contributed by atoms with Crippen molar-refractivity contribution in [3.63, 3.8) is 0 Å². The van der Waals surface area contributed by atoms with Crippen LogP contribution in [0, 0.1) is 17.2 Å². The Balaban J connectivity index is 0. The van der Waals surface area contributed by atoms with E-state index in [2.05, 4.69) is 0 Å². The number of carboxylic acids is 1. The molecular weight excluding hydrogens is 141 g/mol. The Morgan fingerprint density at radius 2 is 2.30 bits per heavy atom. The van der Waals surface area contributed by atoms with E-state index in [1.165, 1.54) is 0 Å². The van der Waals surface area contributed by atoms with Crippen molar-refractivity contribution in [2.75, 3.05) is 0 Å². The van der Waals surface area contributed by atoms with Gasteiger partial charge in [-0.1, -0.05) is 0 Å². The van der Waals surface area contributed by atoms with Gasteiger partial charge >= 0.3 is 35.5 Å². The number of rotatable bonds is 3. The molecule has 52 valence electrons. The summed E-state index contributed by atoms with van der Waals surface area (Å²) >= 11 is 0. The van der Waals surface area contributed by atoms with Gasteiger partial charge in [0.05, 0.1) is 6.07 Å². The predicted octanol–water partition coefficient (Wildman–Crippen LogP) is 0.362. The number of carbonyl (C=O) groups is 1. The molecule has 0 aliphatic carbocycles. The van der Waals surface area contributed by atoms with Gasteiger partial charge in [-0.25, -0.2) is 0 Å². The molecule has 0 aliphatic heterocycles. The van der Waals surface area contributed by atoms with Gasteiger partial charge in [0.2, 0.25) is 0 Å². The maximum atomic E-state index is 9.91. The molecule has 0 aromatic rings. The van der Waals surface area contributed by atoms with E-state index in [-0.39, 0.29) is 41.9 Å². The summed E-state index contributed by atoms with van der Waals surface area (Å²) in [4.78, 5) is 9.91. The molecule has 0 aromatic carbocycles. The molecule has 4 heteroatoms. The predicted molar refractivity (Wildman–Crippen MR) is 38.8 cm³/mol. The molecule has 0 heterocycles. The van der Waals surface area contributed by atoms with Crippen LogP contribution in [0.5, 0.6) is 0 Å². The van der Waals surface area contributed by atoms with Crippen LogP contribution >= 0.6 is 0 Å². The minimum absolute atomic E-state index is 0. The summed E-state index contributed by atoms with van der Waals surface area (Å²) in [5.41, 5.74) is 0. The van der Waals surface area contributed by atoms with Gasteiger partial charge in [0.15, 0.2) is 0 Å². The fourth-order valence-corrected chi connectivity index (χ4v) is 0.405. The van der Waals surface area contributed by atoms with E-state index in [1.54, 1.807) is 6.92 Å². The van der Waals surface area contributed by atoms with Crippen LogP contribution in [0.3, 0.4) is 0 Å². The van der Waals surface area contributed by atoms with E-state index < -0.39 is 5.97 Å². The van der Waals surface area contributed by atoms with Crippen molar-refractivity contribution in [1.82, 2.24) is 0 Å². The van der Waals surface area contributed by atoms with E-state index in [0.717, 1.165) is 0 Å². The van der Waals surface area contributed by atoms with E-state index >= 15 is 0 Å². The molecule has 1 atom stereocenters. The molecule has 0 amide bonds. The SMILES string of the molecule is CC(C#N)CCC(=O)O.[NaH]. The average Bonchev–Trinajstić information content (AvgIpc) is 1.83. The Labute approximate surface area is 82.3 Å². The molecule has 0 spiro atoms. The van der Waals surface area contributed by atoms with E-state index in [9.17, 15) is 4.79 Å². The minimum atomic E-state index is -0.836. The zero-order valence-corrected chi connectivity index (χ0v) is 5.29. The van der Waals surface area contributed by atoms with Gasteiger partial charge in [0.1, 0.15) is 0 Å². The normalized spacial score (nSPS) is 10.8. The second-order valence-electron chi connectivity index (χ2n) is 1.96. The molecule has 0 saturated carbocycles. The fourth-order valence-electron chi connectivity index (χ4n) is 0.405. The molecular formula is C6H10NNaO2. The quantitative estimate of drug-likeness (QED) is 0.592. The maximum absolute atomic E-state index is 9.91. The molecule has 1 N–H and O–H groups in total. The second kappa shape index (κ2) is 7.07. The van der Waals surface area contributed by atoms with Gasteiger partial charge in [-0.2, -0.15) is 5.26 Å². The van der Waals surface area contributed by atoms with Crippen LogP contribution in [-0.4, -0.2) is 40.6 Å². The van der Waals surface area contributed by atoms with Gasteiger partial charge in [-0.3, -0.25) is 4.79 Å². The Morgan fingerprint density at radius 1 is 1.80 bits per heavy atom. The number of hydrogen-bond acceptors (Lipinski definition) is 2. The van der Waals surface area contributed by atoms with E-state index in [4.69, 9.17) is 10.4 Å². The third-order valence-corrected chi connectivity index (χ3v) is 1.01. The fraction of sp³-hybridized carbons (Fsp3) is 0.667. The molecule has 3 nitrogen and oxygen atoms in total. The number of nitrogens with zero attached hydrogens (tertiary/aromatic N) is 1. The standard InChI is InChI=1S/C6H9NO2.Na.H/c1-5(4-7)2-3-6(8)9;;/h5H,2-3H2,1H3,(H,8,9);;. The summed E-state index contributed by atoms with van der Waals surface area (Å²) in [5, 5.41) is 16.4. The monoisotopic (exact) mass is 151 g/mol.